The van der Waals surface area contributed by atoms with Crippen molar-refractivity contribution in [2.75, 3.05) is 5.75 Å². The summed E-state index contributed by atoms with van der Waals surface area (Å²) >= 11 is 1.39. The van der Waals surface area contributed by atoms with E-state index >= 15 is 0 Å². The topological polar surface area (TPSA) is 54.4 Å². The number of nitrogens with one attached hydrogen (secondary N) is 1. The fourth-order valence-electron chi connectivity index (χ4n) is 2.17. The summed E-state index contributed by atoms with van der Waals surface area (Å²) in [5.74, 6) is 0.106. The van der Waals surface area contributed by atoms with Crippen LogP contribution in [0.1, 0.15) is 5.56 Å². The summed E-state index contributed by atoms with van der Waals surface area (Å²) in [6.45, 7) is 0. The Bertz CT molecular complexity index is 907. The van der Waals surface area contributed by atoms with Gasteiger partial charge in [0.25, 0.3) is 0 Å². The highest BCUT2D eigenvalue weighted by atomic mass is 32.2. The summed E-state index contributed by atoms with van der Waals surface area (Å²) in [5.41, 5.74) is 4.52. The molecule has 5 heteroatoms. The number of carbonyl (C=O) groups excluding carboxylic acids is 1. The molecule has 0 saturated heterocycles. The average molecular weight is 347 g/mol. The van der Waals surface area contributed by atoms with Crippen molar-refractivity contribution in [2.45, 2.75) is 5.03 Å². The molecule has 1 aromatic heterocycles. The van der Waals surface area contributed by atoms with Crippen LogP contribution in [0, 0.1) is 0 Å². The van der Waals surface area contributed by atoms with E-state index in [1.807, 2.05) is 72.8 Å². The average Bonchev–Trinajstić information content (AvgIpc) is 2.67. The van der Waals surface area contributed by atoms with E-state index in [2.05, 4.69) is 15.5 Å². The molecule has 2 aromatic carbocycles. The van der Waals surface area contributed by atoms with E-state index in [0.29, 0.717) is 0 Å². The lowest BCUT2D eigenvalue weighted by atomic mass is 10.2. The van der Waals surface area contributed by atoms with Gasteiger partial charge in [-0.3, -0.25) is 4.79 Å². The monoisotopic (exact) mass is 347 g/mol. The molecule has 0 aliphatic rings. The fourth-order valence-corrected chi connectivity index (χ4v) is 2.84. The number of thioether (sulfide) groups is 1. The van der Waals surface area contributed by atoms with E-state index in [4.69, 9.17) is 0 Å². The molecule has 0 aliphatic carbocycles. The molecule has 1 heterocycles. The van der Waals surface area contributed by atoms with Crippen molar-refractivity contribution in [3.05, 3.63) is 78.4 Å². The quantitative estimate of drug-likeness (QED) is 0.414. The zero-order valence-electron chi connectivity index (χ0n) is 13.5. The van der Waals surface area contributed by atoms with Crippen LogP contribution in [0.4, 0.5) is 0 Å². The number of carbonyl (C=O) groups is 1. The normalized spacial score (nSPS) is 11.4. The number of hydrazone groups is 1. The van der Waals surface area contributed by atoms with E-state index in [-0.39, 0.29) is 11.7 Å². The van der Waals surface area contributed by atoms with Gasteiger partial charge in [0.2, 0.25) is 5.91 Å². The first-order chi connectivity index (χ1) is 12.3. The zero-order valence-corrected chi connectivity index (χ0v) is 14.3. The maximum Gasteiger partial charge on any atom is 0.250 e. The van der Waals surface area contributed by atoms with Gasteiger partial charge in [-0.05, 0) is 23.8 Å². The Morgan fingerprint density at radius 2 is 1.84 bits per heavy atom. The number of benzene rings is 2. The third-order valence-corrected chi connectivity index (χ3v) is 4.29. The van der Waals surface area contributed by atoms with Crippen molar-refractivity contribution in [2.24, 2.45) is 5.10 Å². The van der Waals surface area contributed by atoms with Gasteiger partial charge in [0.1, 0.15) is 0 Å². The number of hydrogen-bond donors (Lipinski definition) is 1. The third-order valence-electron chi connectivity index (χ3n) is 3.36. The Hall–Kier alpha value is -2.92. The summed E-state index contributed by atoms with van der Waals surface area (Å²) in [5, 5.41) is 5.81. The molecule has 0 radical (unpaired) electrons. The SMILES string of the molecule is O=C(CSc1ccc2ccccc2n1)N/N=C\C=C\c1ccccc1. The molecule has 0 bridgehead atoms. The molecule has 25 heavy (non-hydrogen) atoms. The summed E-state index contributed by atoms with van der Waals surface area (Å²) < 4.78 is 0. The molecule has 3 aromatic rings. The molecule has 0 unspecified atom stereocenters. The molecule has 1 N–H and O–H groups in total. The number of allylic oxidation sites excluding steroid dienone is 1. The number of nitrogens with zero attached hydrogens (tertiary/aromatic N) is 2. The van der Waals surface area contributed by atoms with E-state index in [0.717, 1.165) is 21.5 Å². The summed E-state index contributed by atoms with van der Waals surface area (Å²) in [6, 6.07) is 21.7. The minimum atomic E-state index is -0.163. The minimum Gasteiger partial charge on any atom is -0.272 e. The molecule has 0 atom stereocenters. The van der Waals surface area contributed by atoms with Crippen LogP contribution in [0.2, 0.25) is 0 Å². The lowest BCUT2D eigenvalue weighted by Gasteiger charge is -2.02. The van der Waals surface area contributed by atoms with Crippen LogP contribution >= 0.6 is 11.8 Å². The molecule has 124 valence electrons. The van der Waals surface area contributed by atoms with Crippen LogP contribution in [0.3, 0.4) is 0 Å². The van der Waals surface area contributed by atoms with E-state index in [1.165, 1.54) is 11.8 Å². The second-order valence-electron chi connectivity index (χ2n) is 5.21. The number of aromatic nitrogens is 1. The number of fused-ring (bicyclic) bond motifs is 1. The molecule has 0 spiro atoms. The van der Waals surface area contributed by atoms with Gasteiger partial charge < -0.3 is 0 Å². The number of pyridine rings is 1. The standard InChI is InChI=1S/C20H17N3OS/c24-19(23-21-14-6-9-16-7-2-1-3-8-16)15-25-20-13-12-17-10-4-5-11-18(17)22-20/h1-14H,15H2,(H,23,24)/b9-6+,21-14-. The van der Waals surface area contributed by atoms with Crippen molar-refractivity contribution >= 4 is 40.9 Å². The van der Waals surface area contributed by atoms with Gasteiger partial charge in [0.05, 0.1) is 16.3 Å². The van der Waals surface area contributed by atoms with Gasteiger partial charge >= 0.3 is 0 Å². The Balaban J connectivity index is 1.45. The number of amides is 1. The molecule has 4 nitrogen and oxygen atoms in total. The van der Waals surface area contributed by atoms with Gasteiger partial charge in [-0.15, -0.1) is 0 Å². The smallest absolute Gasteiger partial charge is 0.250 e. The highest BCUT2D eigenvalue weighted by Gasteiger charge is 2.03. The van der Waals surface area contributed by atoms with Crippen LogP contribution in [-0.4, -0.2) is 22.9 Å². The van der Waals surface area contributed by atoms with Crippen LogP contribution in [0.5, 0.6) is 0 Å². The Morgan fingerprint density at radius 3 is 2.72 bits per heavy atom. The molecule has 1 amide bonds. The third kappa shape index (κ3) is 5.29. The van der Waals surface area contributed by atoms with E-state index in [9.17, 15) is 4.79 Å². The van der Waals surface area contributed by atoms with Crippen molar-refractivity contribution in [3.63, 3.8) is 0 Å². The van der Waals surface area contributed by atoms with Crippen LogP contribution < -0.4 is 5.43 Å². The maximum atomic E-state index is 11.8. The fraction of sp³-hybridized carbons (Fsp3) is 0.0500. The van der Waals surface area contributed by atoms with Crippen LogP contribution in [0.15, 0.2) is 82.9 Å². The molecular weight excluding hydrogens is 330 g/mol. The first kappa shape index (κ1) is 16.9. The number of hydrogen-bond acceptors (Lipinski definition) is 4. The van der Waals surface area contributed by atoms with Crippen molar-refractivity contribution in [1.82, 2.24) is 10.4 Å². The minimum absolute atomic E-state index is 0.163. The molecule has 0 fully saturated rings. The first-order valence-electron chi connectivity index (χ1n) is 7.83. The maximum absolute atomic E-state index is 11.8. The number of rotatable bonds is 6. The van der Waals surface area contributed by atoms with Crippen molar-refractivity contribution in [1.29, 1.82) is 0 Å². The molecule has 3 rings (SSSR count). The first-order valence-corrected chi connectivity index (χ1v) is 8.82. The van der Waals surface area contributed by atoms with Crippen molar-refractivity contribution < 1.29 is 4.79 Å². The summed E-state index contributed by atoms with van der Waals surface area (Å²) in [6.07, 6.45) is 5.26. The van der Waals surface area contributed by atoms with Crippen molar-refractivity contribution in [3.8, 4) is 0 Å². The second-order valence-corrected chi connectivity index (χ2v) is 6.21. The van der Waals surface area contributed by atoms with E-state index < -0.39 is 0 Å². The Labute approximate surface area is 150 Å². The Morgan fingerprint density at radius 1 is 1.04 bits per heavy atom. The van der Waals surface area contributed by atoms with E-state index in [1.54, 1.807) is 12.3 Å². The zero-order chi connectivity index (χ0) is 17.3. The van der Waals surface area contributed by atoms with Gasteiger partial charge in [-0.25, -0.2) is 10.4 Å². The summed E-state index contributed by atoms with van der Waals surface area (Å²) in [4.78, 5) is 16.3. The Kier molecular flexibility index (Phi) is 5.96. The second kappa shape index (κ2) is 8.80. The lowest BCUT2D eigenvalue weighted by molar-refractivity contribution is -0.118. The largest absolute Gasteiger partial charge is 0.272 e. The lowest BCUT2D eigenvalue weighted by Crippen LogP contribution is -2.19. The van der Waals surface area contributed by atoms with Gasteiger partial charge in [-0.1, -0.05) is 72.4 Å². The molecule has 0 aliphatic heterocycles. The highest BCUT2D eigenvalue weighted by molar-refractivity contribution is 7.99. The van der Waals surface area contributed by atoms with Gasteiger partial charge in [0.15, 0.2) is 0 Å². The van der Waals surface area contributed by atoms with Crippen LogP contribution in [0.25, 0.3) is 17.0 Å². The van der Waals surface area contributed by atoms with Gasteiger partial charge in [0, 0.05) is 11.6 Å². The predicted octanol–water partition coefficient (Wildman–Crippen LogP) is 4.14. The number of para-hydroxylation sites is 1. The van der Waals surface area contributed by atoms with Crippen LogP contribution in [-0.2, 0) is 4.79 Å². The summed E-state index contributed by atoms with van der Waals surface area (Å²) in [7, 11) is 0. The molecular formula is C20H17N3OS. The van der Waals surface area contributed by atoms with Gasteiger partial charge in [-0.2, -0.15) is 5.10 Å². The predicted molar refractivity (Wildman–Crippen MR) is 105 cm³/mol. The highest BCUT2D eigenvalue weighted by Crippen LogP contribution is 2.19. The molecule has 0 saturated carbocycles.